The van der Waals surface area contributed by atoms with Crippen LogP contribution in [-0.2, 0) is 15.3 Å². The van der Waals surface area contributed by atoms with Crippen molar-refractivity contribution in [3.8, 4) is 67.5 Å². The van der Waals surface area contributed by atoms with Crippen molar-refractivity contribution in [2.24, 2.45) is 0 Å². The molecule has 58 heavy (non-hydrogen) atoms. The molecule has 0 unspecified atom stereocenters. The maximum atomic E-state index is 14.6. The van der Waals surface area contributed by atoms with Gasteiger partial charge < -0.3 is 0 Å². The van der Waals surface area contributed by atoms with Gasteiger partial charge in [0.25, 0.3) is 0 Å². The minimum absolute atomic E-state index is 0.300. The molecule has 2 aromatic heterocycles. The van der Waals surface area contributed by atoms with E-state index < -0.39 is 15.3 Å². The molecule has 1 spiro atoms. The number of sulfone groups is 1. The fourth-order valence-corrected chi connectivity index (χ4v) is 10.7. The average molecular weight is 765 g/mol. The molecular formula is C51H32N4O2S. The van der Waals surface area contributed by atoms with Crippen molar-refractivity contribution in [1.82, 2.24) is 19.9 Å². The minimum Gasteiger partial charge on any atom is -0.236 e. The van der Waals surface area contributed by atoms with Crippen LogP contribution in [0.25, 0.3) is 67.5 Å². The summed E-state index contributed by atoms with van der Waals surface area (Å²) in [6, 6.07) is 60.2. The Hall–Kier alpha value is -7.35. The predicted octanol–water partition coefficient (Wildman–Crippen LogP) is 11.1. The zero-order valence-corrected chi connectivity index (χ0v) is 31.8. The Labute approximate surface area is 336 Å². The van der Waals surface area contributed by atoms with Crippen LogP contribution in [-0.4, -0.2) is 28.4 Å². The van der Waals surface area contributed by atoms with Gasteiger partial charge in [0.2, 0.25) is 9.84 Å². The van der Waals surface area contributed by atoms with E-state index in [0.29, 0.717) is 38.3 Å². The SMILES string of the molecule is O=S1(=O)c2ccccc2C2(c3ccccc3-c3ccccc3-c3ccc(-c4nc(-c5ccccc5)cc(-c5cnc(-c6ccccc6)nc5)n4)cc32)c2ccccc21. The van der Waals surface area contributed by atoms with Crippen LogP contribution in [0.3, 0.4) is 0 Å². The third-order valence-electron chi connectivity index (χ3n) is 11.5. The summed E-state index contributed by atoms with van der Waals surface area (Å²) in [5, 5.41) is 0. The second-order valence-electron chi connectivity index (χ2n) is 14.6. The fraction of sp³-hybridized carbons (Fsp3) is 0.0196. The topological polar surface area (TPSA) is 85.7 Å². The monoisotopic (exact) mass is 764 g/mol. The highest BCUT2D eigenvalue weighted by atomic mass is 32.2. The Balaban J connectivity index is 1.21. The second-order valence-corrected chi connectivity index (χ2v) is 16.5. The zero-order valence-electron chi connectivity index (χ0n) is 31.0. The first kappa shape index (κ1) is 33.9. The number of benzene rings is 7. The van der Waals surface area contributed by atoms with Crippen molar-refractivity contribution >= 4 is 9.84 Å². The Kier molecular flexibility index (Phi) is 7.68. The molecule has 274 valence electrons. The van der Waals surface area contributed by atoms with E-state index in [9.17, 15) is 8.42 Å². The molecule has 0 N–H and O–H groups in total. The predicted molar refractivity (Wildman–Crippen MR) is 228 cm³/mol. The summed E-state index contributed by atoms with van der Waals surface area (Å²) in [6.45, 7) is 0. The molecule has 1 aliphatic heterocycles. The first-order valence-corrected chi connectivity index (χ1v) is 20.6. The van der Waals surface area contributed by atoms with Gasteiger partial charge in [0.1, 0.15) is 0 Å². The van der Waals surface area contributed by atoms with E-state index in [1.165, 1.54) is 0 Å². The molecule has 0 amide bonds. The quantitative estimate of drug-likeness (QED) is 0.177. The molecule has 1 aliphatic carbocycles. The van der Waals surface area contributed by atoms with Gasteiger partial charge >= 0.3 is 0 Å². The van der Waals surface area contributed by atoms with Crippen molar-refractivity contribution < 1.29 is 8.42 Å². The number of rotatable bonds is 4. The lowest BCUT2D eigenvalue weighted by atomic mass is 9.63. The van der Waals surface area contributed by atoms with Crippen molar-refractivity contribution in [2.75, 3.05) is 0 Å². The normalized spacial score (nSPS) is 13.9. The van der Waals surface area contributed by atoms with Gasteiger partial charge in [-0.2, -0.15) is 0 Å². The maximum absolute atomic E-state index is 14.6. The Morgan fingerprint density at radius 1 is 0.362 bits per heavy atom. The van der Waals surface area contributed by atoms with Crippen LogP contribution in [0.1, 0.15) is 22.3 Å². The van der Waals surface area contributed by atoms with E-state index in [1.807, 2.05) is 116 Å². The van der Waals surface area contributed by atoms with Crippen LogP contribution in [0.15, 0.2) is 204 Å². The van der Waals surface area contributed by atoms with Crippen molar-refractivity contribution in [1.29, 1.82) is 0 Å². The van der Waals surface area contributed by atoms with Gasteiger partial charge in [0, 0.05) is 34.6 Å². The van der Waals surface area contributed by atoms with E-state index in [1.54, 1.807) is 12.1 Å². The number of aromatic nitrogens is 4. The molecule has 0 radical (unpaired) electrons. The first-order valence-electron chi connectivity index (χ1n) is 19.1. The van der Waals surface area contributed by atoms with E-state index in [2.05, 4.69) is 66.7 Å². The highest BCUT2D eigenvalue weighted by Gasteiger charge is 2.51. The number of nitrogens with zero attached hydrogens (tertiary/aromatic N) is 4. The first-order chi connectivity index (χ1) is 28.5. The molecule has 0 saturated carbocycles. The Morgan fingerprint density at radius 3 is 1.47 bits per heavy atom. The largest absolute Gasteiger partial charge is 0.236 e. The molecule has 0 atom stereocenters. The minimum atomic E-state index is -3.85. The van der Waals surface area contributed by atoms with Gasteiger partial charge in [-0.05, 0) is 68.8 Å². The molecule has 6 nitrogen and oxygen atoms in total. The highest BCUT2D eigenvalue weighted by Crippen LogP contribution is 2.59. The summed E-state index contributed by atoms with van der Waals surface area (Å²) >= 11 is 0. The van der Waals surface area contributed by atoms with Crippen LogP contribution in [0, 0.1) is 0 Å². The number of hydrogen-bond donors (Lipinski definition) is 0. The fourth-order valence-electron chi connectivity index (χ4n) is 8.91. The Morgan fingerprint density at radius 2 is 0.845 bits per heavy atom. The molecule has 2 aliphatic rings. The van der Waals surface area contributed by atoms with Crippen molar-refractivity contribution in [3.05, 3.63) is 217 Å². The van der Waals surface area contributed by atoms with Crippen LogP contribution >= 0.6 is 0 Å². The molecule has 7 heteroatoms. The second kappa shape index (κ2) is 13.1. The van der Waals surface area contributed by atoms with Gasteiger partial charge in [0.05, 0.1) is 26.6 Å². The van der Waals surface area contributed by atoms with Crippen LogP contribution in [0.4, 0.5) is 0 Å². The molecule has 7 aromatic carbocycles. The van der Waals surface area contributed by atoms with Crippen LogP contribution < -0.4 is 0 Å². The number of hydrogen-bond acceptors (Lipinski definition) is 6. The molecule has 0 saturated heterocycles. The standard InChI is InChI=1S/C51H32N4O2S/c56-58(57)47-25-13-11-23-42(47)51(43-24-12-14-26-48(43)58)41-22-10-9-21-39(41)37-19-7-8-20-38(37)40-28-27-35(29-44(40)51)50-54-45(33-15-3-1-4-16-33)30-46(55-50)36-31-52-49(53-32-36)34-17-5-2-6-18-34/h1-32H. The molecule has 0 fully saturated rings. The number of fused-ring (bicyclic) bond motifs is 11. The van der Waals surface area contributed by atoms with E-state index >= 15 is 0 Å². The highest BCUT2D eigenvalue weighted by molar-refractivity contribution is 7.91. The summed E-state index contributed by atoms with van der Waals surface area (Å²) in [5.74, 6) is 1.16. The lowest BCUT2D eigenvalue weighted by molar-refractivity contribution is 0.579. The van der Waals surface area contributed by atoms with Crippen molar-refractivity contribution in [2.45, 2.75) is 15.2 Å². The Bertz CT molecular complexity index is 3130. The van der Waals surface area contributed by atoms with Crippen molar-refractivity contribution in [3.63, 3.8) is 0 Å². The van der Waals surface area contributed by atoms with E-state index in [-0.39, 0.29) is 0 Å². The lowest BCUT2D eigenvalue weighted by Gasteiger charge is -2.42. The molecular weight excluding hydrogens is 733 g/mol. The maximum Gasteiger partial charge on any atom is 0.207 e. The molecule has 0 bridgehead atoms. The van der Waals surface area contributed by atoms with E-state index in [0.717, 1.165) is 61.3 Å². The van der Waals surface area contributed by atoms with Gasteiger partial charge in [-0.3, -0.25) is 0 Å². The third-order valence-corrected chi connectivity index (χ3v) is 13.3. The zero-order chi connectivity index (χ0) is 38.8. The van der Waals surface area contributed by atoms with Gasteiger partial charge in [-0.25, -0.2) is 28.4 Å². The van der Waals surface area contributed by atoms with Gasteiger partial charge in [-0.1, -0.05) is 158 Å². The summed E-state index contributed by atoms with van der Waals surface area (Å²) in [5.41, 5.74) is 11.4. The summed E-state index contributed by atoms with van der Waals surface area (Å²) in [4.78, 5) is 20.5. The van der Waals surface area contributed by atoms with E-state index in [4.69, 9.17) is 19.9 Å². The summed E-state index contributed by atoms with van der Waals surface area (Å²) in [6.07, 6.45) is 3.62. The van der Waals surface area contributed by atoms with Crippen LogP contribution in [0.2, 0.25) is 0 Å². The van der Waals surface area contributed by atoms with Gasteiger partial charge in [0.15, 0.2) is 11.6 Å². The summed E-state index contributed by atoms with van der Waals surface area (Å²) < 4.78 is 29.1. The van der Waals surface area contributed by atoms with Crippen LogP contribution in [0.5, 0.6) is 0 Å². The summed E-state index contributed by atoms with van der Waals surface area (Å²) in [7, 11) is -3.85. The molecule has 11 rings (SSSR count). The smallest absolute Gasteiger partial charge is 0.207 e. The molecule has 3 heterocycles. The average Bonchev–Trinajstić information content (AvgIpc) is 3.40. The molecule has 9 aromatic rings. The van der Waals surface area contributed by atoms with Gasteiger partial charge in [-0.15, -0.1) is 0 Å². The third kappa shape index (κ3) is 5.07. The lowest BCUT2D eigenvalue weighted by Crippen LogP contribution is -2.38.